The van der Waals surface area contributed by atoms with Crippen molar-refractivity contribution in [3.63, 3.8) is 0 Å². The van der Waals surface area contributed by atoms with Gasteiger partial charge in [0.15, 0.2) is 0 Å². The average molecular weight is 345 g/mol. The zero-order chi connectivity index (χ0) is 17.5. The largest absolute Gasteiger partial charge is 0.355 e. The van der Waals surface area contributed by atoms with Crippen LogP contribution in [0.4, 0.5) is 5.82 Å². The lowest BCUT2D eigenvalue weighted by Crippen LogP contribution is -2.45. The van der Waals surface area contributed by atoms with Crippen LogP contribution in [0.5, 0.6) is 0 Å². The van der Waals surface area contributed by atoms with Gasteiger partial charge in [0.05, 0.1) is 12.1 Å². The maximum atomic E-state index is 12.5. The van der Waals surface area contributed by atoms with Crippen LogP contribution in [0.1, 0.15) is 38.5 Å². The molecule has 0 radical (unpaired) electrons. The van der Waals surface area contributed by atoms with Gasteiger partial charge < -0.3 is 15.1 Å². The summed E-state index contributed by atoms with van der Waals surface area (Å²) in [5.41, 5.74) is 0. The van der Waals surface area contributed by atoms with Gasteiger partial charge in [0.25, 0.3) is 0 Å². The molecule has 3 rings (SSSR count). The highest BCUT2D eigenvalue weighted by molar-refractivity contribution is 5.80. The second-order valence-electron chi connectivity index (χ2n) is 6.83. The van der Waals surface area contributed by atoms with E-state index in [1.807, 2.05) is 4.90 Å². The van der Waals surface area contributed by atoms with Crippen molar-refractivity contribution in [1.82, 2.24) is 20.2 Å². The third kappa shape index (κ3) is 4.90. The first-order valence-electron chi connectivity index (χ1n) is 9.30. The lowest BCUT2D eigenvalue weighted by atomic mass is 9.97. The first kappa shape index (κ1) is 17.6. The van der Waals surface area contributed by atoms with E-state index in [1.54, 1.807) is 18.6 Å². The summed E-state index contributed by atoms with van der Waals surface area (Å²) in [5, 5.41) is 3.02. The number of carbonyl (C=O) groups is 2. The Morgan fingerprint density at radius 2 is 2.12 bits per heavy atom. The first-order chi connectivity index (χ1) is 12.2. The minimum absolute atomic E-state index is 0.0319. The second kappa shape index (κ2) is 8.78. The number of piperidine rings is 1. The van der Waals surface area contributed by atoms with Gasteiger partial charge in [-0.3, -0.25) is 14.6 Å². The molecule has 2 amide bonds. The highest BCUT2D eigenvalue weighted by Gasteiger charge is 2.26. The summed E-state index contributed by atoms with van der Waals surface area (Å²) in [4.78, 5) is 36.9. The summed E-state index contributed by atoms with van der Waals surface area (Å²) in [7, 11) is 0. The summed E-state index contributed by atoms with van der Waals surface area (Å²) in [6, 6.07) is 0. The van der Waals surface area contributed by atoms with E-state index in [0.29, 0.717) is 26.1 Å². The molecule has 25 heavy (non-hydrogen) atoms. The molecule has 1 aromatic heterocycles. The van der Waals surface area contributed by atoms with Gasteiger partial charge in [0, 0.05) is 51.5 Å². The van der Waals surface area contributed by atoms with Crippen LogP contribution < -0.4 is 10.2 Å². The number of anilines is 1. The maximum Gasteiger partial charge on any atom is 0.224 e. The van der Waals surface area contributed by atoms with Gasteiger partial charge in [-0.15, -0.1) is 0 Å². The molecule has 0 aromatic carbocycles. The molecule has 0 aliphatic carbocycles. The van der Waals surface area contributed by atoms with Crippen molar-refractivity contribution in [2.24, 2.45) is 5.92 Å². The van der Waals surface area contributed by atoms with E-state index in [4.69, 9.17) is 0 Å². The Kier molecular flexibility index (Phi) is 6.19. The van der Waals surface area contributed by atoms with Gasteiger partial charge >= 0.3 is 0 Å². The number of likely N-dealkylation sites (tertiary alicyclic amines) is 1. The van der Waals surface area contributed by atoms with Gasteiger partial charge in [-0.05, 0) is 25.7 Å². The Bertz CT molecular complexity index is 580. The number of hydrogen-bond acceptors (Lipinski definition) is 5. The average Bonchev–Trinajstić information content (AvgIpc) is 2.87. The van der Waals surface area contributed by atoms with Crippen LogP contribution in [0.25, 0.3) is 0 Å². The fraction of sp³-hybridized carbons (Fsp3) is 0.667. The van der Waals surface area contributed by atoms with Gasteiger partial charge in [-0.2, -0.15) is 0 Å². The lowest BCUT2D eigenvalue weighted by Gasteiger charge is -2.32. The van der Waals surface area contributed by atoms with E-state index < -0.39 is 0 Å². The quantitative estimate of drug-likeness (QED) is 0.868. The predicted molar refractivity (Wildman–Crippen MR) is 95.0 cm³/mol. The molecule has 136 valence electrons. The van der Waals surface area contributed by atoms with Crippen molar-refractivity contribution in [3.05, 3.63) is 18.6 Å². The molecule has 2 aliphatic rings. The summed E-state index contributed by atoms with van der Waals surface area (Å²) in [6.45, 7) is 3.55. The molecule has 1 aromatic rings. The van der Waals surface area contributed by atoms with Crippen LogP contribution in [-0.2, 0) is 9.59 Å². The molecule has 7 nitrogen and oxygen atoms in total. The summed E-state index contributed by atoms with van der Waals surface area (Å²) in [6.07, 6.45) is 10.8. The van der Waals surface area contributed by atoms with E-state index in [-0.39, 0.29) is 17.7 Å². The van der Waals surface area contributed by atoms with Crippen LogP contribution in [0.3, 0.4) is 0 Å². The van der Waals surface area contributed by atoms with Crippen LogP contribution >= 0.6 is 0 Å². The Labute approximate surface area is 148 Å². The number of aromatic nitrogens is 2. The molecule has 0 spiro atoms. The van der Waals surface area contributed by atoms with Gasteiger partial charge in [0.2, 0.25) is 11.8 Å². The fourth-order valence-corrected chi connectivity index (χ4v) is 3.59. The van der Waals surface area contributed by atoms with Crippen molar-refractivity contribution in [2.75, 3.05) is 37.6 Å². The molecule has 1 N–H and O–H groups in total. The van der Waals surface area contributed by atoms with Crippen LogP contribution in [0.15, 0.2) is 18.6 Å². The zero-order valence-corrected chi connectivity index (χ0v) is 14.7. The normalized spacial score (nSPS) is 21.8. The molecule has 7 heteroatoms. The van der Waals surface area contributed by atoms with Crippen LogP contribution in [0.2, 0.25) is 0 Å². The maximum absolute atomic E-state index is 12.5. The number of hydrogen-bond donors (Lipinski definition) is 1. The van der Waals surface area contributed by atoms with Crippen molar-refractivity contribution >= 4 is 17.6 Å². The van der Waals surface area contributed by atoms with Crippen molar-refractivity contribution < 1.29 is 9.59 Å². The van der Waals surface area contributed by atoms with E-state index in [9.17, 15) is 9.59 Å². The number of amides is 2. The minimum atomic E-state index is -0.0319. The third-order valence-electron chi connectivity index (χ3n) is 5.02. The van der Waals surface area contributed by atoms with E-state index in [1.165, 1.54) is 0 Å². The SMILES string of the molecule is O=C(NCCN1CCCCCC1=O)[C@H]1CCCN(c2cnccn2)C1. The van der Waals surface area contributed by atoms with Crippen molar-refractivity contribution in [1.29, 1.82) is 0 Å². The molecule has 2 saturated heterocycles. The van der Waals surface area contributed by atoms with Crippen molar-refractivity contribution in [3.8, 4) is 0 Å². The van der Waals surface area contributed by atoms with Gasteiger partial charge in [-0.1, -0.05) is 6.42 Å². The number of nitrogens with zero attached hydrogens (tertiary/aromatic N) is 4. The molecule has 0 bridgehead atoms. The highest BCUT2D eigenvalue weighted by atomic mass is 16.2. The zero-order valence-electron chi connectivity index (χ0n) is 14.7. The Hall–Kier alpha value is -2.18. The van der Waals surface area contributed by atoms with Crippen molar-refractivity contribution in [2.45, 2.75) is 38.5 Å². The first-order valence-corrected chi connectivity index (χ1v) is 9.30. The van der Waals surface area contributed by atoms with E-state index in [2.05, 4.69) is 20.2 Å². The summed E-state index contributed by atoms with van der Waals surface area (Å²) in [5.74, 6) is 1.10. The number of rotatable bonds is 5. The lowest BCUT2D eigenvalue weighted by molar-refractivity contribution is -0.131. The van der Waals surface area contributed by atoms with Crippen LogP contribution in [-0.4, -0.2) is 59.4 Å². The number of carbonyl (C=O) groups excluding carboxylic acids is 2. The molecule has 2 fully saturated rings. The Balaban J connectivity index is 1.45. The number of nitrogens with one attached hydrogen (secondary N) is 1. The summed E-state index contributed by atoms with van der Waals surface area (Å²) >= 11 is 0. The highest BCUT2D eigenvalue weighted by Crippen LogP contribution is 2.21. The second-order valence-corrected chi connectivity index (χ2v) is 6.83. The molecule has 0 unspecified atom stereocenters. The molecular formula is C18H27N5O2. The van der Waals surface area contributed by atoms with E-state index in [0.717, 1.165) is 51.0 Å². The molecule has 2 aliphatic heterocycles. The van der Waals surface area contributed by atoms with E-state index >= 15 is 0 Å². The van der Waals surface area contributed by atoms with Gasteiger partial charge in [0.1, 0.15) is 5.82 Å². The minimum Gasteiger partial charge on any atom is -0.355 e. The Morgan fingerprint density at radius 1 is 1.20 bits per heavy atom. The molecule has 0 saturated carbocycles. The monoisotopic (exact) mass is 345 g/mol. The summed E-state index contributed by atoms with van der Waals surface area (Å²) < 4.78 is 0. The van der Waals surface area contributed by atoms with Crippen LogP contribution in [0, 0.1) is 5.92 Å². The standard InChI is InChI=1S/C18H27N5O2/c24-17-6-2-1-3-10-22(17)12-9-21-18(25)15-5-4-11-23(14-15)16-13-19-7-8-20-16/h7-8,13,15H,1-6,9-12,14H2,(H,21,25)/t15-/m0/s1. The Morgan fingerprint density at radius 3 is 2.96 bits per heavy atom. The fourth-order valence-electron chi connectivity index (χ4n) is 3.59. The molecule has 1 atom stereocenters. The topological polar surface area (TPSA) is 78.4 Å². The smallest absolute Gasteiger partial charge is 0.224 e. The third-order valence-corrected chi connectivity index (χ3v) is 5.02. The molecule has 3 heterocycles. The van der Waals surface area contributed by atoms with Gasteiger partial charge in [-0.25, -0.2) is 4.98 Å². The molecular weight excluding hydrogens is 318 g/mol. The predicted octanol–water partition coefficient (Wildman–Crippen LogP) is 1.21.